The van der Waals surface area contributed by atoms with Gasteiger partial charge in [-0.1, -0.05) is 0 Å². The summed E-state index contributed by atoms with van der Waals surface area (Å²) in [6.07, 6.45) is 2.96. The minimum atomic E-state index is -0.403. The van der Waals surface area contributed by atoms with E-state index in [4.69, 9.17) is 9.47 Å². The molecular weight excluding hydrogens is 258 g/mol. The Hall–Kier alpha value is -1.53. The summed E-state index contributed by atoms with van der Waals surface area (Å²) in [5.74, 6) is 0.695. The van der Waals surface area contributed by atoms with Crippen LogP contribution in [0.2, 0.25) is 0 Å². The summed E-state index contributed by atoms with van der Waals surface area (Å²) in [6, 6.07) is 0. The fraction of sp³-hybridized carbons (Fsp3) is 0.643. The van der Waals surface area contributed by atoms with Crippen molar-refractivity contribution in [2.45, 2.75) is 31.9 Å². The third kappa shape index (κ3) is 2.41. The molecule has 20 heavy (non-hydrogen) atoms. The Morgan fingerprint density at radius 1 is 1.35 bits per heavy atom. The molecule has 1 fully saturated rings. The number of fused-ring (bicyclic) bond motifs is 1. The lowest BCUT2D eigenvalue weighted by Gasteiger charge is -2.21. The molecule has 3 rings (SSSR count). The summed E-state index contributed by atoms with van der Waals surface area (Å²) in [5, 5.41) is 3.24. The number of carbonyl (C=O) groups is 1. The third-order valence-corrected chi connectivity index (χ3v) is 3.89. The van der Waals surface area contributed by atoms with Gasteiger partial charge in [0, 0.05) is 32.2 Å². The van der Waals surface area contributed by atoms with E-state index >= 15 is 0 Å². The average molecular weight is 277 g/mol. The molecule has 108 valence electrons. The fourth-order valence-electron chi connectivity index (χ4n) is 2.66. The summed E-state index contributed by atoms with van der Waals surface area (Å²) in [5.41, 5.74) is 2.18. The monoisotopic (exact) mass is 277 g/mol. The highest BCUT2D eigenvalue weighted by Gasteiger charge is 2.36. The lowest BCUT2D eigenvalue weighted by molar-refractivity contribution is 0.0582. The van der Waals surface area contributed by atoms with Crippen LogP contribution in [-0.4, -0.2) is 36.7 Å². The van der Waals surface area contributed by atoms with Crippen molar-refractivity contribution in [1.29, 1.82) is 0 Å². The summed E-state index contributed by atoms with van der Waals surface area (Å²) >= 11 is 0. The first-order valence-electron chi connectivity index (χ1n) is 6.96. The van der Waals surface area contributed by atoms with Crippen molar-refractivity contribution in [3.8, 4) is 0 Å². The Morgan fingerprint density at radius 2 is 2.15 bits per heavy atom. The molecule has 6 heteroatoms. The van der Waals surface area contributed by atoms with E-state index in [0.717, 1.165) is 37.1 Å². The maximum absolute atomic E-state index is 12.0. The molecular formula is C14H19N3O3. The quantitative estimate of drug-likeness (QED) is 0.828. The zero-order valence-electron chi connectivity index (χ0n) is 11.8. The van der Waals surface area contributed by atoms with E-state index in [1.54, 1.807) is 7.11 Å². The van der Waals surface area contributed by atoms with Gasteiger partial charge in [0.15, 0.2) is 11.5 Å². The van der Waals surface area contributed by atoms with Crippen LogP contribution >= 0.6 is 0 Å². The number of hydrogen-bond acceptors (Lipinski definition) is 6. The van der Waals surface area contributed by atoms with Crippen molar-refractivity contribution in [2.24, 2.45) is 5.92 Å². The van der Waals surface area contributed by atoms with Crippen LogP contribution in [0.25, 0.3) is 0 Å². The van der Waals surface area contributed by atoms with Gasteiger partial charge in [0.1, 0.15) is 6.10 Å². The molecule has 1 aliphatic carbocycles. The van der Waals surface area contributed by atoms with Gasteiger partial charge in [-0.3, -0.25) is 0 Å². The standard InChI is InChI=1S/C14H19N3O3/c1-19-12(8-3-4-8)13-16-10-5-6-15-7-9(10)11(17-13)14(18)20-2/h8,12,15H,3-7H2,1-2H3. The SMILES string of the molecule is COC(=O)c1nc(C(OC)C2CC2)nc2c1CNCC2. The second-order valence-corrected chi connectivity index (χ2v) is 5.27. The first-order chi connectivity index (χ1) is 9.74. The molecule has 0 amide bonds. The van der Waals surface area contributed by atoms with Gasteiger partial charge in [-0.15, -0.1) is 0 Å². The smallest absolute Gasteiger partial charge is 0.357 e. The van der Waals surface area contributed by atoms with Crippen molar-refractivity contribution in [3.05, 3.63) is 22.8 Å². The molecule has 0 bridgehead atoms. The summed E-state index contributed by atoms with van der Waals surface area (Å²) in [4.78, 5) is 21.0. The first kappa shape index (κ1) is 13.5. The van der Waals surface area contributed by atoms with Gasteiger partial charge in [-0.2, -0.15) is 0 Å². The van der Waals surface area contributed by atoms with E-state index in [2.05, 4.69) is 15.3 Å². The maximum Gasteiger partial charge on any atom is 0.357 e. The molecule has 0 spiro atoms. The number of aromatic nitrogens is 2. The Balaban J connectivity index is 2.04. The van der Waals surface area contributed by atoms with E-state index in [1.165, 1.54) is 7.11 Å². The Bertz CT molecular complexity index is 529. The predicted molar refractivity (Wildman–Crippen MR) is 71.3 cm³/mol. The van der Waals surface area contributed by atoms with Crippen LogP contribution in [0.4, 0.5) is 0 Å². The molecule has 1 saturated carbocycles. The normalized spacial score (nSPS) is 19.3. The molecule has 6 nitrogen and oxygen atoms in total. The molecule has 0 radical (unpaired) electrons. The summed E-state index contributed by atoms with van der Waals surface area (Å²) in [6.45, 7) is 1.48. The molecule has 0 saturated heterocycles. The molecule has 1 aromatic rings. The second kappa shape index (κ2) is 5.46. The van der Waals surface area contributed by atoms with Gasteiger partial charge < -0.3 is 14.8 Å². The van der Waals surface area contributed by atoms with Crippen molar-refractivity contribution in [1.82, 2.24) is 15.3 Å². The van der Waals surface area contributed by atoms with Crippen LogP contribution in [0.3, 0.4) is 0 Å². The van der Waals surface area contributed by atoms with Crippen LogP contribution in [0.15, 0.2) is 0 Å². The number of carbonyl (C=O) groups excluding carboxylic acids is 1. The van der Waals surface area contributed by atoms with E-state index in [1.807, 2.05) is 0 Å². The highest BCUT2D eigenvalue weighted by Crippen LogP contribution is 2.42. The van der Waals surface area contributed by atoms with Gasteiger partial charge in [0.25, 0.3) is 0 Å². The van der Waals surface area contributed by atoms with Crippen LogP contribution in [0.1, 0.15) is 46.5 Å². The lowest BCUT2D eigenvalue weighted by atomic mass is 10.0. The van der Waals surface area contributed by atoms with Gasteiger partial charge >= 0.3 is 5.97 Å². The Kier molecular flexibility index (Phi) is 3.67. The Labute approximate surface area is 117 Å². The number of nitrogens with one attached hydrogen (secondary N) is 1. The molecule has 2 aliphatic rings. The van der Waals surface area contributed by atoms with E-state index in [9.17, 15) is 4.79 Å². The third-order valence-electron chi connectivity index (χ3n) is 3.89. The van der Waals surface area contributed by atoms with E-state index < -0.39 is 5.97 Å². The fourth-order valence-corrected chi connectivity index (χ4v) is 2.66. The van der Waals surface area contributed by atoms with Gasteiger partial charge in [-0.25, -0.2) is 14.8 Å². The van der Waals surface area contributed by atoms with Gasteiger partial charge in [0.2, 0.25) is 0 Å². The molecule has 1 aliphatic heterocycles. The van der Waals surface area contributed by atoms with Gasteiger partial charge in [-0.05, 0) is 18.8 Å². The first-order valence-corrected chi connectivity index (χ1v) is 6.96. The van der Waals surface area contributed by atoms with Crippen molar-refractivity contribution in [2.75, 3.05) is 20.8 Å². The zero-order chi connectivity index (χ0) is 14.1. The number of ether oxygens (including phenoxy) is 2. The van der Waals surface area contributed by atoms with Crippen molar-refractivity contribution in [3.63, 3.8) is 0 Å². The highest BCUT2D eigenvalue weighted by molar-refractivity contribution is 5.89. The van der Waals surface area contributed by atoms with Crippen molar-refractivity contribution < 1.29 is 14.3 Å². The average Bonchev–Trinajstić information content (AvgIpc) is 3.31. The topological polar surface area (TPSA) is 73.3 Å². The number of hydrogen-bond donors (Lipinski definition) is 1. The molecule has 1 atom stereocenters. The predicted octanol–water partition coefficient (Wildman–Crippen LogP) is 1.01. The molecule has 1 N–H and O–H groups in total. The van der Waals surface area contributed by atoms with E-state index in [-0.39, 0.29) is 6.10 Å². The number of nitrogens with zero attached hydrogens (tertiary/aromatic N) is 2. The van der Waals surface area contributed by atoms with E-state index in [0.29, 0.717) is 24.0 Å². The summed E-state index contributed by atoms with van der Waals surface area (Å²) < 4.78 is 10.4. The minimum Gasteiger partial charge on any atom is -0.464 e. The molecule has 0 aromatic carbocycles. The van der Waals surface area contributed by atoms with Crippen LogP contribution in [0.5, 0.6) is 0 Å². The second-order valence-electron chi connectivity index (χ2n) is 5.27. The molecule has 1 aromatic heterocycles. The number of methoxy groups -OCH3 is 2. The van der Waals surface area contributed by atoms with Crippen molar-refractivity contribution >= 4 is 5.97 Å². The summed E-state index contributed by atoms with van der Waals surface area (Å²) in [7, 11) is 3.05. The lowest BCUT2D eigenvalue weighted by Crippen LogP contribution is -2.29. The Morgan fingerprint density at radius 3 is 2.80 bits per heavy atom. The number of rotatable bonds is 4. The van der Waals surface area contributed by atoms with Crippen LogP contribution < -0.4 is 5.32 Å². The highest BCUT2D eigenvalue weighted by atomic mass is 16.5. The largest absolute Gasteiger partial charge is 0.464 e. The minimum absolute atomic E-state index is 0.112. The maximum atomic E-state index is 12.0. The van der Waals surface area contributed by atoms with Crippen LogP contribution in [0, 0.1) is 5.92 Å². The van der Waals surface area contributed by atoms with Gasteiger partial charge in [0.05, 0.1) is 12.8 Å². The number of esters is 1. The van der Waals surface area contributed by atoms with Crippen LogP contribution in [-0.2, 0) is 22.4 Å². The zero-order valence-corrected chi connectivity index (χ0v) is 11.8. The molecule has 1 unspecified atom stereocenters. The molecule has 2 heterocycles.